The Labute approximate surface area is 102 Å². The zero-order valence-corrected chi connectivity index (χ0v) is 10.1. The van der Waals surface area contributed by atoms with E-state index in [2.05, 4.69) is 12.1 Å². The molecule has 0 spiro atoms. The Bertz CT molecular complexity index is 371. The molecule has 0 atom stereocenters. The Hall–Kier alpha value is -1.61. The minimum Gasteiger partial charge on any atom is -0.510 e. The van der Waals surface area contributed by atoms with Crippen molar-refractivity contribution >= 4 is 5.71 Å². The van der Waals surface area contributed by atoms with Crippen LogP contribution in [-0.2, 0) is 11.2 Å². The summed E-state index contributed by atoms with van der Waals surface area (Å²) in [5.74, 6) is 0.109. The van der Waals surface area contributed by atoms with Crippen molar-refractivity contribution in [2.24, 2.45) is 0 Å². The van der Waals surface area contributed by atoms with Gasteiger partial charge in [0.15, 0.2) is 0 Å². The molecule has 0 amide bonds. The van der Waals surface area contributed by atoms with Crippen molar-refractivity contribution in [1.29, 1.82) is 5.41 Å². The molecule has 0 unspecified atom stereocenters. The Kier molecular flexibility index (Phi) is 6.04. The van der Waals surface area contributed by atoms with Crippen LogP contribution in [0.25, 0.3) is 0 Å². The summed E-state index contributed by atoms with van der Waals surface area (Å²) in [5, 5.41) is 16.5. The highest BCUT2D eigenvalue weighted by molar-refractivity contribution is 5.90. The minimum absolute atomic E-state index is 0.109. The molecule has 3 nitrogen and oxygen atoms in total. The summed E-state index contributed by atoms with van der Waals surface area (Å²) in [6.07, 6.45) is 3.31. The standard InChI is InChI=1S/C14H19NO2/c1-12(15)10-14(16)11-17-9-5-8-13-6-3-2-4-7-13/h2-4,6-7,10,15-16H,5,8-9,11H2,1H3/b14-10-,15-12?. The number of hydrogen-bond donors (Lipinski definition) is 2. The van der Waals surface area contributed by atoms with Gasteiger partial charge in [0.2, 0.25) is 0 Å². The molecule has 92 valence electrons. The average molecular weight is 233 g/mol. The van der Waals surface area contributed by atoms with Gasteiger partial charge in [-0.25, -0.2) is 0 Å². The summed E-state index contributed by atoms with van der Waals surface area (Å²) in [7, 11) is 0. The zero-order valence-electron chi connectivity index (χ0n) is 10.1. The molecule has 17 heavy (non-hydrogen) atoms. The van der Waals surface area contributed by atoms with E-state index in [0.717, 1.165) is 12.8 Å². The molecule has 3 heteroatoms. The predicted molar refractivity (Wildman–Crippen MR) is 69.7 cm³/mol. The van der Waals surface area contributed by atoms with E-state index in [-0.39, 0.29) is 12.4 Å². The van der Waals surface area contributed by atoms with E-state index >= 15 is 0 Å². The largest absolute Gasteiger partial charge is 0.510 e. The van der Waals surface area contributed by atoms with E-state index in [1.807, 2.05) is 18.2 Å². The van der Waals surface area contributed by atoms with Gasteiger partial charge in [-0.1, -0.05) is 30.3 Å². The van der Waals surface area contributed by atoms with Crippen LogP contribution in [0.2, 0.25) is 0 Å². The first-order valence-electron chi connectivity index (χ1n) is 5.75. The van der Waals surface area contributed by atoms with Crippen LogP contribution in [0, 0.1) is 5.41 Å². The average Bonchev–Trinajstić information content (AvgIpc) is 2.29. The van der Waals surface area contributed by atoms with E-state index in [1.165, 1.54) is 11.6 Å². The van der Waals surface area contributed by atoms with Crippen molar-refractivity contribution in [3.63, 3.8) is 0 Å². The van der Waals surface area contributed by atoms with Crippen molar-refractivity contribution in [2.45, 2.75) is 19.8 Å². The van der Waals surface area contributed by atoms with Crippen LogP contribution in [0.4, 0.5) is 0 Å². The Morgan fingerprint density at radius 2 is 2.06 bits per heavy atom. The van der Waals surface area contributed by atoms with E-state index in [1.54, 1.807) is 6.92 Å². The van der Waals surface area contributed by atoms with Gasteiger partial charge in [-0.05, 0) is 31.4 Å². The Balaban J connectivity index is 2.11. The molecule has 0 fully saturated rings. The molecule has 0 aliphatic heterocycles. The van der Waals surface area contributed by atoms with Crippen LogP contribution in [0.15, 0.2) is 42.2 Å². The lowest BCUT2D eigenvalue weighted by Crippen LogP contribution is -2.02. The third-order valence-electron chi connectivity index (χ3n) is 2.23. The molecule has 0 aliphatic carbocycles. The number of hydrogen-bond acceptors (Lipinski definition) is 3. The van der Waals surface area contributed by atoms with Crippen LogP contribution in [0.1, 0.15) is 18.9 Å². The molecule has 1 aromatic rings. The number of nitrogens with one attached hydrogen (secondary N) is 1. The first-order chi connectivity index (χ1) is 8.18. The molecule has 0 heterocycles. The van der Waals surface area contributed by atoms with Gasteiger partial charge >= 0.3 is 0 Å². The van der Waals surface area contributed by atoms with E-state index < -0.39 is 0 Å². The van der Waals surface area contributed by atoms with Gasteiger partial charge in [0.1, 0.15) is 12.4 Å². The fourth-order valence-corrected chi connectivity index (χ4v) is 1.49. The maximum atomic E-state index is 9.33. The zero-order chi connectivity index (χ0) is 12.5. The smallest absolute Gasteiger partial charge is 0.120 e. The van der Waals surface area contributed by atoms with Crippen LogP contribution in [-0.4, -0.2) is 24.0 Å². The van der Waals surface area contributed by atoms with Gasteiger partial charge in [-0.3, -0.25) is 0 Å². The van der Waals surface area contributed by atoms with Crippen molar-refractivity contribution in [3.05, 3.63) is 47.7 Å². The first kappa shape index (κ1) is 13.5. The van der Waals surface area contributed by atoms with Gasteiger partial charge in [-0.15, -0.1) is 0 Å². The summed E-state index contributed by atoms with van der Waals surface area (Å²) >= 11 is 0. The third-order valence-corrected chi connectivity index (χ3v) is 2.23. The summed E-state index contributed by atoms with van der Waals surface area (Å²) in [4.78, 5) is 0. The summed E-state index contributed by atoms with van der Waals surface area (Å²) in [6.45, 7) is 2.42. The van der Waals surface area contributed by atoms with E-state index in [0.29, 0.717) is 12.3 Å². The molecule has 0 aromatic heterocycles. The number of rotatable bonds is 7. The van der Waals surface area contributed by atoms with Gasteiger partial charge in [0.25, 0.3) is 0 Å². The predicted octanol–water partition coefficient (Wildman–Crippen LogP) is 3.12. The molecule has 2 N–H and O–H groups in total. The van der Waals surface area contributed by atoms with Crippen LogP contribution >= 0.6 is 0 Å². The Morgan fingerprint density at radius 3 is 2.71 bits per heavy atom. The van der Waals surface area contributed by atoms with Gasteiger partial charge < -0.3 is 15.3 Å². The third kappa shape index (κ3) is 6.53. The SMILES string of the molecule is CC(=N)/C=C(\O)COCCCc1ccccc1. The molecule has 0 radical (unpaired) electrons. The molecule has 1 rings (SSSR count). The molecule has 1 aromatic carbocycles. The Morgan fingerprint density at radius 1 is 1.35 bits per heavy atom. The molecule has 0 bridgehead atoms. The van der Waals surface area contributed by atoms with Crippen LogP contribution in [0.5, 0.6) is 0 Å². The lowest BCUT2D eigenvalue weighted by molar-refractivity contribution is 0.126. The molecular weight excluding hydrogens is 214 g/mol. The summed E-state index contributed by atoms with van der Waals surface area (Å²) in [5.41, 5.74) is 1.63. The van der Waals surface area contributed by atoms with Crippen molar-refractivity contribution in [1.82, 2.24) is 0 Å². The number of aliphatic hydroxyl groups excluding tert-OH is 1. The minimum atomic E-state index is 0.109. The maximum Gasteiger partial charge on any atom is 0.120 e. The monoisotopic (exact) mass is 233 g/mol. The molecule has 0 saturated heterocycles. The second-order valence-electron chi connectivity index (χ2n) is 3.96. The topological polar surface area (TPSA) is 53.3 Å². The van der Waals surface area contributed by atoms with E-state index in [4.69, 9.17) is 10.1 Å². The number of aryl methyl sites for hydroxylation is 1. The van der Waals surface area contributed by atoms with Crippen molar-refractivity contribution < 1.29 is 9.84 Å². The normalized spacial score (nSPS) is 11.5. The van der Waals surface area contributed by atoms with Crippen LogP contribution in [0.3, 0.4) is 0 Å². The second kappa shape index (κ2) is 7.63. The lowest BCUT2D eigenvalue weighted by atomic mass is 10.1. The van der Waals surface area contributed by atoms with Crippen LogP contribution < -0.4 is 0 Å². The molecular formula is C14H19NO2. The number of ether oxygens (including phenoxy) is 1. The quantitative estimate of drug-likeness (QED) is 0.432. The summed E-state index contributed by atoms with van der Waals surface area (Å²) in [6, 6.07) is 10.2. The lowest BCUT2D eigenvalue weighted by Gasteiger charge is -2.04. The van der Waals surface area contributed by atoms with Gasteiger partial charge in [-0.2, -0.15) is 0 Å². The number of allylic oxidation sites excluding steroid dienone is 1. The highest BCUT2D eigenvalue weighted by atomic mass is 16.5. The van der Waals surface area contributed by atoms with Crippen molar-refractivity contribution in [2.75, 3.05) is 13.2 Å². The van der Waals surface area contributed by atoms with E-state index in [9.17, 15) is 5.11 Å². The summed E-state index contributed by atoms with van der Waals surface area (Å²) < 4.78 is 5.30. The molecule has 0 saturated carbocycles. The number of aliphatic hydroxyl groups is 1. The highest BCUT2D eigenvalue weighted by Crippen LogP contribution is 2.02. The number of benzene rings is 1. The molecule has 0 aliphatic rings. The highest BCUT2D eigenvalue weighted by Gasteiger charge is 1.96. The fraction of sp³-hybridized carbons (Fsp3) is 0.357. The first-order valence-corrected chi connectivity index (χ1v) is 5.75. The maximum absolute atomic E-state index is 9.33. The van der Waals surface area contributed by atoms with Crippen molar-refractivity contribution in [3.8, 4) is 0 Å². The van der Waals surface area contributed by atoms with Gasteiger partial charge in [0, 0.05) is 12.3 Å². The second-order valence-corrected chi connectivity index (χ2v) is 3.96. The fourth-order valence-electron chi connectivity index (χ4n) is 1.49. The van der Waals surface area contributed by atoms with Gasteiger partial charge in [0.05, 0.1) is 0 Å².